The number of hydrogen-bond donors (Lipinski definition) is 0. The van der Waals surface area contributed by atoms with Crippen LogP contribution >= 0.6 is 11.3 Å². The van der Waals surface area contributed by atoms with Gasteiger partial charge in [-0.05, 0) is 23.6 Å². The Labute approximate surface area is 171 Å². The van der Waals surface area contributed by atoms with Crippen molar-refractivity contribution in [3.05, 3.63) is 57.9 Å². The van der Waals surface area contributed by atoms with E-state index in [9.17, 15) is 18.5 Å². The fourth-order valence-corrected chi connectivity index (χ4v) is 4.83. The average Bonchev–Trinajstić information content (AvgIpc) is 3.38. The van der Waals surface area contributed by atoms with E-state index in [1.807, 2.05) is 17.5 Å². The van der Waals surface area contributed by atoms with Crippen molar-refractivity contribution in [2.24, 2.45) is 0 Å². The van der Waals surface area contributed by atoms with Crippen molar-refractivity contribution < 1.29 is 22.5 Å². The molecule has 0 bridgehead atoms. The van der Waals surface area contributed by atoms with Gasteiger partial charge in [0.05, 0.1) is 20.9 Å². The summed E-state index contributed by atoms with van der Waals surface area (Å²) in [4.78, 5) is 15.6. The molecule has 0 aliphatic heterocycles. The molecule has 0 spiro atoms. The van der Waals surface area contributed by atoms with Gasteiger partial charge >= 0.3 is 5.69 Å². The number of rotatable bonds is 9. The van der Waals surface area contributed by atoms with Crippen LogP contribution in [0, 0.1) is 10.1 Å². The molecule has 0 aliphatic carbocycles. The van der Waals surface area contributed by atoms with Crippen LogP contribution in [0.1, 0.15) is 19.7 Å². The van der Waals surface area contributed by atoms with Crippen molar-refractivity contribution in [2.45, 2.75) is 25.3 Å². The Balaban J connectivity index is 1.82. The minimum Gasteiger partial charge on any atom is -0.477 e. The lowest BCUT2D eigenvalue weighted by Crippen LogP contribution is -2.30. The van der Waals surface area contributed by atoms with Gasteiger partial charge in [-0.3, -0.25) is 10.1 Å². The first-order valence-electron chi connectivity index (χ1n) is 8.76. The van der Waals surface area contributed by atoms with Crippen LogP contribution in [0.2, 0.25) is 0 Å². The number of thiophene rings is 1. The van der Waals surface area contributed by atoms with Gasteiger partial charge in [-0.25, -0.2) is 13.4 Å². The molecule has 0 N–H and O–H groups in total. The van der Waals surface area contributed by atoms with E-state index in [1.54, 1.807) is 20.0 Å². The maximum Gasteiger partial charge on any atom is 0.312 e. The molecule has 2 aromatic heterocycles. The van der Waals surface area contributed by atoms with Gasteiger partial charge in [0.25, 0.3) is 0 Å². The number of hydrogen-bond acceptors (Lipinski definition) is 8. The Bertz CT molecular complexity index is 1090. The molecule has 0 unspecified atom stereocenters. The van der Waals surface area contributed by atoms with E-state index in [1.165, 1.54) is 27.8 Å². The van der Waals surface area contributed by atoms with E-state index in [4.69, 9.17) is 9.15 Å². The summed E-state index contributed by atoms with van der Waals surface area (Å²) < 4.78 is 37.5. The van der Waals surface area contributed by atoms with E-state index in [0.29, 0.717) is 5.76 Å². The lowest BCUT2D eigenvalue weighted by Gasteiger charge is -2.18. The third kappa shape index (κ3) is 4.47. The second kappa shape index (κ2) is 8.72. The summed E-state index contributed by atoms with van der Waals surface area (Å²) in [5, 5.41) is 13.4. The fraction of sp³-hybridized carbons (Fsp3) is 0.278. The molecular formula is C18H19N3O6S2. The lowest BCUT2D eigenvalue weighted by atomic mass is 10.3. The molecule has 0 radical (unpaired) electrons. The van der Waals surface area contributed by atoms with Crippen LogP contribution in [-0.4, -0.2) is 35.7 Å². The van der Waals surface area contributed by atoms with Gasteiger partial charge in [-0.1, -0.05) is 19.9 Å². The summed E-state index contributed by atoms with van der Waals surface area (Å²) >= 11 is 1.50. The van der Waals surface area contributed by atoms with Crippen molar-refractivity contribution in [2.75, 3.05) is 13.1 Å². The van der Waals surface area contributed by atoms with Crippen LogP contribution in [0.3, 0.4) is 0 Å². The molecule has 11 heteroatoms. The number of nitro groups is 1. The zero-order valence-electron chi connectivity index (χ0n) is 15.8. The second-order valence-electron chi connectivity index (χ2n) is 5.86. The van der Waals surface area contributed by atoms with Crippen LogP contribution in [0.4, 0.5) is 5.69 Å². The van der Waals surface area contributed by atoms with Crippen LogP contribution in [0.15, 0.2) is 51.2 Å². The summed E-state index contributed by atoms with van der Waals surface area (Å²) in [7, 11) is -3.82. The van der Waals surface area contributed by atoms with Crippen LogP contribution < -0.4 is 4.74 Å². The third-order valence-electron chi connectivity index (χ3n) is 4.14. The van der Waals surface area contributed by atoms with Crippen molar-refractivity contribution in [3.8, 4) is 16.4 Å². The predicted molar refractivity (Wildman–Crippen MR) is 107 cm³/mol. The normalized spacial score (nSPS) is 11.7. The van der Waals surface area contributed by atoms with E-state index in [0.717, 1.165) is 10.9 Å². The van der Waals surface area contributed by atoms with E-state index < -0.39 is 20.6 Å². The van der Waals surface area contributed by atoms with E-state index in [-0.39, 0.29) is 36.2 Å². The maximum atomic E-state index is 12.6. The highest BCUT2D eigenvalue weighted by Gasteiger charge is 2.26. The van der Waals surface area contributed by atoms with Gasteiger partial charge in [0.1, 0.15) is 0 Å². The molecule has 3 aromatic rings. The first-order chi connectivity index (χ1) is 13.9. The Hall–Kier alpha value is -2.76. The minimum atomic E-state index is -3.82. The molecule has 29 heavy (non-hydrogen) atoms. The zero-order valence-corrected chi connectivity index (χ0v) is 17.4. The molecule has 9 nitrogen and oxygen atoms in total. The van der Waals surface area contributed by atoms with Gasteiger partial charge in [-0.2, -0.15) is 4.31 Å². The maximum absolute atomic E-state index is 12.6. The molecule has 0 fully saturated rings. The van der Waals surface area contributed by atoms with Gasteiger partial charge < -0.3 is 9.15 Å². The highest BCUT2D eigenvalue weighted by atomic mass is 32.2. The van der Waals surface area contributed by atoms with Crippen molar-refractivity contribution in [1.82, 2.24) is 9.29 Å². The topological polar surface area (TPSA) is 116 Å². The highest BCUT2D eigenvalue weighted by Crippen LogP contribution is 2.32. The number of oxazole rings is 1. The summed E-state index contributed by atoms with van der Waals surface area (Å²) in [5.74, 6) is 0.765. The number of nitrogens with zero attached hydrogens (tertiary/aromatic N) is 3. The molecule has 1 aromatic carbocycles. The molecule has 0 atom stereocenters. The first-order valence-corrected chi connectivity index (χ1v) is 11.1. The average molecular weight is 437 g/mol. The molecule has 0 saturated heterocycles. The monoisotopic (exact) mass is 437 g/mol. The zero-order chi connectivity index (χ0) is 21.0. The third-order valence-corrected chi connectivity index (χ3v) is 7.07. The van der Waals surface area contributed by atoms with Crippen molar-refractivity contribution in [3.63, 3.8) is 0 Å². The van der Waals surface area contributed by atoms with Gasteiger partial charge in [0.15, 0.2) is 18.1 Å². The largest absolute Gasteiger partial charge is 0.477 e. The summed E-state index contributed by atoms with van der Waals surface area (Å²) in [6, 6.07) is 7.35. The van der Waals surface area contributed by atoms with Crippen LogP contribution in [0.5, 0.6) is 5.75 Å². The molecule has 0 saturated carbocycles. The number of nitro benzene ring substituents is 1. The number of aromatic nitrogens is 1. The Kier molecular flexibility index (Phi) is 6.30. The minimum absolute atomic E-state index is 0.0654. The summed E-state index contributed by atoms with van der Waals surface area (Å²) in [6.45, 7) is 3.80. The van der Waals surface area contributed by atoms with E-state index >= 15 is 0 Å². The second-order valence-corrected chi connectivity index (χ2v) is 8.75. The molecule has 0 amide bonds. The molecule has 2 heterocycles. The SMILES string of the molecule is CCN(CC)S(=O)(=O)c1ccc(OCc2ncc(-c3cccs3)o2)c([N+](=O)[O-])c1. The quantitative estimate of drug-likeness (QED) is 0.368. The number of benzene rings is 1. The van der Waals surface area contributed by atoms with Crippen molar-refractivity contribution in [1.29, 1.82) is 0 Å². The van der Waals surface area contributed by atoms with Crippen LogP contribution in [0.25, 0.3) is 10.6 Å². The summed E-state index contributed by atoms with van der Waals surface area (Å²) in [6.07, 6.45) is 1.55. The van der Waals surface area contributed by atoms with Crippen molar-refractivity contribution >= 4 is 27.0 Å². The summed E-state index contributed by atoms with van der Waals surface area (Å²) in [5.41, 5.74) is -0.441. The first kappa shape index (κ1) is 21.0. The fourth-order valence-electron chi connectivity index (χ4n) is 2.68. The molecule has 0 aliphatic rings. The van der Waals surface area contributed by atoms with Gasteiger partial charge in [0, 0.05) is 19.2 Å². The molecule has 3 rings (SSSR count). The predicted octanol–water partition coefficient (Wildman–Crippen LogP) is 3.92. The van der Waals surface area contributed by atoms with E-state index in [2.05, 4.69) is 4.98 Å². The van der Waals surface area contributed by atoms with Gasteiger partial charge in [0.2, 0.25) is 15.9 Å². The Morgan fingerprint density at radius 2 is 2.03 bits per heavy atom. The number of sulfonamides is 1. The number of ether oxygens (including phenoxy) is 1. The molecule has 154 valence electrons. The highest BCUT2D eigenvalue weighted by molar-refractivity contribution is 7.89. The Morgan fingerprint density at radius 1 is 1.28 bits per heavy atom. The lowest BCUT2D eigenvalue weighted by molar-refractivity contribution is -0.386. The standard InChI is InChI=1S/C18H19N3O6S2/c1-3-20(4-2)29(24,25)13-7-8-15(14(10-13)21(22)23)26-12-18-19-11-16(27-18)17-6-5-9-28-17/h5-11H,3-4,12H2,1-2H3. The smallest absolute Gasteiger partial charge is 0.312 e. The van der Waals surface area contributed by atoms with Gasteiger partial charge in [-0.15, -0.1) is 11.3 Å². The van der Waals surface area contributed by atoms with Crippen LogP contribution in [-0.2, 0) is 16.6 Å². The molecular weight excluding hydrogens is 418 g/mol. The Morgan fingerprint density at radius 3 is 2.66 bits per heavy atom.